The van der Waals surface area contributed by atoms with Gasteiger partial charge in [0.05, 0.1) is 5.02 Å². The van der Waals surface area contributed by atoms with Gasteiger partial charge in [0, 0.05) is 16.8 Å². The van der Waals surface area contributed by atoms with Crippen molar-refractivity contribution in [2.45, 2.75) is 26.3 Å². The first-order chi connectivity index (χ1) is 8.87. The lowest BCUT2D eigenvalue weighted by molar-refractivity contribution is 0.475. The Morgan fingerprint density at radius 3 is 2.37 bits per heavy atom. The molecule has 2 aromatic rings. The van der Waals surface area contributed by atoms with Crippen LogP contribution in [0.4, 0.5) is 5.69 Å². The molecule has 100 valence electrons. The summed E-state index contributed by atoms with van der Waals surface area (Å²) in [6.45, 7) is 6.36. The number of hydrogen-bond acceptors (Lipinski definition) is 2. The number of hydrogen-bond donors (Lipinski definition) is 2. The summed E-state index contributed by atoms with van der Waals surface area (Å²) in [5.41, 5.74) is 3.09. The Labute approximate surface area is 119 Å². The summed E-state index contributed by atoms with van der Waals surface area (Å²) in [6, 6.07) is 13.3. The molecule has 2 rings (SSSR count). The summed E-state index contributed by atoms with van der Waals surface area (Å²) in [5.74, 6) is 0.103. The SMILES string of the molecule is CC(C)(C)Nc1ccccc1-c1ccc(O)c(Cl)c1. The Bertz CT molecular complexity index is 588. The third kappa shape index (κ3) is 3.42. The van der Waals surface area contributed by atoms with Gasteiger partial charge in [0.1, 0.15) is 5.75 Å². The van der Waals surface area contributed by atoms with Gasteiger partial charge in [-0.25, -0.2) is 0 Å². The molecule has 0 radical (unpaired) electrons. The molecule has 0 saturated heterocycles. The summed E-state index contributed by atoms with van der Waals surface area (Å²) in [5, 5.41) is 13.3. The first-order valence-electron chi connectivity index (χ1n) is 6.23. The molecule has 0 atom stereocenters. The highest BCUT2D eigenvalue weighted by atomic mass is 35.5. The van der Waals surface area contributed by atoms with Crippen LogP contribution in [0.1, 0.15) is 20.8 Å². The number of para-hydroxylation sites is 1. The lowest BCUT2D eigenvalue weighted by atomic mass is 10.0. The molecular formula is C16H18ClNO. The number of aromatic hydroxyl groups is 1. The van der Waals surface area contributed by atoms with Gasteiger partial charge in [-0.3, -0.25) is 0 Å². The molecule has 0 fully saturated rings. The highest BCUT2D eigenvalue weighted by Gasteiger charge is 2.13. The highest BCUT2D eigenvalue weighted by molar-refractivity contribution is 6.32. The average molecular weight is 276 g/mol. The van der Waals surface area contributed by atoms with Gasteiger partial charge < -0.3 is 10.4 Å². The number of halogens is 1. The molecule has 0 bridgehead atoms. The standard InChI is InChI=1S/C16H18ClNO/c1-16(2,3)18-14-7-5-4-6-12(14)11-8-9-15(19)13(17)10-11/h4-10,18-19H,1-3H3. The van der Waals surface area contributed by atoms with Crippen molar-refractivity contribution in [3.63, 3.8) is 0 Å². The van der Waals surface area contributed by atoms with Crippen LogP contribution < -0.4 is 5.32 Å². The summed E-state index contributed by atoms with van der Waals surface area (Å²) in [7, 11) is 0. The second kappa shape index (κ2) is 5.14. The van der Waals surface area contributed by atoms with Gasteiger partial charge >= 0.3 is 0 Å². The largest absolute Gasteiger partial charge is 0.506 e. The van der Waals surface area contributed by atoms with Crippen LogP contribution in [0.3, 0.4) is 0 Å². The van der Waals surface area contributed by atoms with Crippen LogP contribution in [0.25, 0.3) is 11.1 Å². The summed E-state index contributed by atoms with van der Waals surface area (Å²) >= 11 is 5.98. The molecule has 0 aliphatic heterocycles. The van der Waals surface area contributed by atoms with Crippen LogP contribution in [0.15, 0.2) is 42.5 Å². The number of anilines is 1. The Morgan fingerprint density at radius 1 is 1.05 bits per heavy atom. The number of benzene rings is 2. The third-order valence-corrected chi connectivity index (χ3v) is 3.00. The zero-order valence-electron chi connectivity index (χ0n) is 11.4. The lowest BCUT2D eigenvalue weighted by Crippen LogP contribution is -2.26. The van der Waals surface area contributed by atoms with Crippen LogP contribution in [-0.4, -0.2) is 10.6 Å². The van der Waals surface area contributed by atoms with Crippen molar-refractivity contribution in [2.24, 2.45) is 0 Å². The van der Waals surface area contributed by atoms with Crippen molar-refractivity contribution >= 4 is 17.3 Å². The van der Waals surface area contributed by atoms with Crippen molar-refractivity contribution in [3.05, 3.63) is 47.5 Å². The fourth-order valence-corrected chi connectivity index (χ4v) is 2.10. The molecule has 19 heavy (non-hydrogen) atoms. The molecule has 0 heterocycles. The monoisotopic (exact) mass is 275 g/mol. The number of phenolic OH excluding ortho intramolecular Hbond substituents is 1. The van der Waals surface area contributed by atoms with E-state index in [1.54, 1.807) is 12.1 Å². The van der Waals surface area contributed by atoms with Gasteiger partial charge in [-0.2, -0.15) is 0 Å². The topological polar surface area (TPSA) is 32.3 Å². The molecule has 0 aliphatic rings. The van der Waals surface area contributed by atoms with Crippen molar-refractivity contribution < 1.29 is 5.11 Å². The van der Waals surface area contributed by atoms with E-state index in [0.717, 1.165) is 16.8 Å². The van der Waals surface area contributed by atoms with E-state index in [1.165, 1.54) is 0 Å². The maximum Gasteiger partial charge on any atom is 0.134 e. The quantitative estimate of drug-likeness (QED) is 0.815. The number of nitrogens with one attached hydrogen (secondary N) is 1. The van der Waals surface area contributed by atoms with Crippen molar-refractivity contribution in [1.29, 1.82) is 0 Å². The molecule has 0 aromatic heterocycles. The molecule has 0 amide bonds. The van der Waals surface area contributed by atoms with Crippen LogP contribution in [-0.2, 0) is 0 Å². The van der Waals surface area contributed by atoms with Gasteiger partial charge in [0.2, 0.25) is 0 Å². The average Bonchev–Trinajstić information content (AvgIpc) is 2.31. The lowest BCUT2D eigenvalue weighted by Gasteiger charge is -2.24. The molecule has 0 saturated carbocycles. The van der Waals surface area contributed by atoms with Crippen LogP contribution in [0.2, 0.25) is 5.02 Å². The molecule has 0 spiro atoms. The van der Waals surface area contributed by atoms with E-state index in [9.17, 15) is 5.11 Å². The number of phenols is 1. The van der Waals surface area contributed by atoms with E-state index >= 15 is 0 Å². The molecule has 3 heteroatoms. The maximum atomic E-state index is 9.50. The fraction of sp³-hybridized carbons (Fsp3) is 0.250. The maximum absolute atomic E-state index is 9.50. The predicted molar refractivity (Wildman–Crippen MR) is 81.9 cm³/mol. The Morgan fingerprint density at radius 2 is 1.74 bits per heavy atom. The molecule has 0 aliphatic carbocycles. The summed E-state index contributed by atoms with van der Waals surface area (Å²) in [6.07, 6.45) is 0. The van der Waals surface area contributed by atoms with E-state index in [4.69, 9.17) is 11.6 Å². The Kier molecular flexibility index (Phi) is 3.72. The normalized spacial score (nSPS) is 11.4. The smallest absolute Gasteiger partial charge is 0.134 e. The van der Waals surface area contributed by atoms with Gasteiger partial charge in [-0.15, -0.1) is 0 Å². The van der Waals surface area contributed by atoms with Gasteiger partial charge in [0.15, 0.2) is 0 Å². The van der Waals surface area contributed by atoms with Gasteiger partial charge in [0.25, 0.3) is 0 Å². The van der Waals surface area contributed by atoms with Gasteiger partial charge in [-0.1, -0.05) is 35.9 Å². The molecule has 2 aromatic carbocycles. The van der Waals surface area contributed by atoms with Crippen LogP contribution >= 0.6 is 11.6 Å². The summed E-state index contributed by atoms with van der Waals surface area (Å²) < 4.78 is 0. The Hall–Kier alpha value is -1.67. The minimum Gasteiger partial charge on any atom is -0.506 e. The molecular weight excluding hydrogens is 258 g/mol. The van der Waals surface area contributed by atoms with Crippen molar-refractivity contribution in [2.75, 3.05) is 5.32 Å². The third-order valence-electron chi connectivity index (χ3n) is 2.70. The second-order valence-electron chi connectivity index (χ2n) is 5.59. The van der Waals surface area contributed by atoms with Crippen molar-refractivity contribution in [3.8, 4) is 16.9 Å². The minimum absolute atomic E-state index is 0.0170. The summed E-state index contributed by atoms with van der Waals surface area (Å²) in [4.78, 5) is 0. The van der Waals surface area contributed by atoms with E-state index in [-0.39, 0.29) is 11.3 Å². The van der Waals surface area contributed by atoms with Crippen LogP contribution in [0, 0.1) is 0 Å². The zero-order chi connectivity index (χ0) is 14.0. The fourth-order valence-electron chi connectivity index (χ4n) is 1.92. The molecule has 2 nitrogen and oxygen atoms in total. The molecule has 0 unspecified atom stereocenters. The second-order valence-corrected chi connectivity index (χ2v) is 5.99. The van der Waals surface area contributed by atoms with Crippen LogP contribution in [0.5, 0.6) is 5.75 Å². The highest BCUT2D eigenvalue weighted by Crippen LogP contribution is 2.34. The number of rotatable bonds is 2. The zero-order valence-corrected chi connectivity index (χ0v) is 12.1. The van der Waals surface area contributed by atoms with E-state index < -0.39 is 0 Å². The first-order valence-corrected chi connectivity index (χ1v) is 6.61. The first kappa shape index (κ1) is 13.8. The molecule has 2 N–H and O–H groups in total. The van der Waals surface area contributed by atoms with Crippen molar-refractivity contribution in [1.82, 2.24) is 0 Å². The predicted octanol–water partition coefficient (Wildman–Crippen LogP) is 4.92. The van der Waals surface area contributed by atoms with E-state index in [1.807, 2.05) is 30.3 Å². The van der Waals surface area contributed by atoms with E-state index in [0.29, 0.717) is 5.02 Å². The Balaban J connectivity index is 2.47. The minimum atomic E-state index is -0.0170. The van der Waals surface area contributed by atoms with Gasteiger partial charge in [-0.05, 0) is 44.5 Å². The van der Waals surface area contributed by atoms with E-state index in [2.05, 4.69) is 26.1 Å².